The third-order valence-electron chi connectivity index (χ3n) is 9.12. The van der Waals surface area contributed by atoms with E-state index >= 15 is 0 Å². The maximum Gasteiger partial charge on any atom is 0.494 e. The molecule has 0 N–H and O–H groups in total. The molecule has 1 aliphatic carbocycles. The largest absolute Gasteiger partial charge is 0.494 e. The second kappa shape index (κ2) is 6.59. The van der Waals surface area contributed by atoms with Crippen LogP contribution in [0.1, 0.15) is 66.4 Å². The van der Waals surface area contributed by atoms with Crippen LogP contribution in [-0.4, -0.2) is 66.5 Å². The van der Waals surface area contributed by atoms with Gasteiger partial charge in [-0.25, -0.2) is 0 Å². The van der Waals surface area contributed by atoms with Crippen molar-refractivity contribution in [2.45, 2.75) is 102 Å². The summed E-state index contributed by atoms with van der Waals surface area (Å²) in [4.78, 5) is 18.3. The van der Waals surface area contributed by atoms with Crippen molar-refractivity contribution in [3.05, 3.63) is 23.8 Å². The summed E-state index contributed by atoms with van der Waals surface area (Å²) >= 11 is 0. The fourth-order valence-corrected chi connectivity index (χ4v) is 6.27. The van der Waals surface area contributed by atoms with Crippen molar-refractivity contribution in [1.29, 1.82) is 0 Å². The number of anilines is 1. The first-order valence-electron chi connectivity index (χ1n) is 12.2. The van der Waals surface area contributed by atoms with Gasteiger partial charge >= 0.3 is 7.12 Å². The minimum atomic E-state index is -0.504. The van der Waals surface area contributed by atoms with Gasteiger partial charge in [0, 0.05) is 29.9 Å². The minimum absolute atomic E-state index is 0.217. The zero-order chi connectivity index (χ0) is 22.6. The lowest BCUT2D eigenvalue weighted by atomic mass is 9.76. The van der Waals surface area contributed by atoms with E-state index in [0.29, 0.717) is 18.1 Å². The summed E-state index contributed by atoms with van der Waals surface area (Å²) in [5.41, 5.74) is 1.87. The molecule has 7 heteroatoms. The topological polar surface area (TPSA) is 51.2 Å². The lowest BCUT2D eigenvalue weighted by Crippen LogP contribution is -2.70. The molecule has 172 valence electrons. The molecule has 6 rings (SSSR count). The number of rotatable bonds is 3. The van der Waals surface area contributed by atoms with Crippen LogP contribution in [0.25, 0.3) is 0 Å². The maximum atomic E-state index is 13.5. The van der Waals surface area contributed by atoms with Crippen molar-refractivity contribution in [2.24, 2.45) is 0 Å². The molecule has 1 amide bonds. The van der Waals surface area contributed by atoms with Gasteiger partial charge in [-0.2, -0.15) is 0 Å². The number of benzene rings is 1. The number of amides is 1. The van der Waals surface area contributed by atoms with Crippen molar-refractivity contribution >= 4 is 24.2 Å². The van der Waals surface area contributed by atoms with Gasteiger partial charge in [0.05, 0.1) is 29.8 Å². The highest BCUT2D eigenvalue weighted by molar-refractivity contribution is 6.62. The molecular weight excluding hydrogens is 403 g/mol. The zero-order valence-electron chi connectivity index (χ0n) is 20.2. The Kier molecular flexibility index (Phi) is 4.36. The first-order valence-corrected chi connectivity index (χ1v) is 12.2. The van der Waals surface area contributed by atoms with Gasteiger partial charge in [-0.15, -0.1) is 0 Å². The van der Waals surface area contributed by atoms with Crippen LogP contribution >= 0.6 is 0 Å². The summed E-state index contributed by atoms with van der Waals surface area (Å²) in [5.74, 6) is 0.217. The summed E-state index contributed by atoms with van der Waals surface area (Å²) in [6.07, 6.45) is 3.38. The quantitative estimate of drug-likeness (QED) is 0.680. The number of morpholine rings is 1. The van der Waals surface area contributed by atoms with Crippen molar-refractivity contribution in [2.75, 3.05) is 18.1 Å². The van der Waals surface area contributed by atoms with E-state index in [-0.39, 0.29) is 23.2 Å². The Bertz CT molecular complexity index is 941. The number of hydrogen-bond acceptors (Lipinski definition) is 5. The number of carbonyl (C=O) groups is 1. The molecule has 3 saturated heterocycles. The molecule has 1 aromatic rings. The molecule has 6 nitrogen and oxygen atoms in total. The van der Waals surface area contributed by atoms with E-state index in [0.717, 1.165) is 42.8 Å². The zero-order valence-corrected chi connectivity index (χ0v) is 20.2. The Balaban J connectivity index is 1.26. The summed E-state index contributed by atoms with van der Waals surface area (Å²) in [6, 6.07) is 8.36. The first-order chi connectivity index (χ1) is 15.0. The standard InChI is InChI=1S/C25H35BN2O4/c1-23(2)20-8-7-15(26-31-24(3,4)25(5,6)32-26)9-21(20)28(22(23)29)17-10-16(11-17)27-18-12-19(27)14-30-13-18/h7-9,16-19H,10-14H2,1-6H3/t16-,17+,18?,19?. The molecule has 32 heavy (non-hydrogen) atoms. The number of fused-ring (bicyclic) bond motifs is 3. The molecular formula is C25H35BN2O4. The van der Waals surface area contributed by atoms with Crippen molar-refractivity contribution in [3.63, 3.8) is 0 Å². The predicted octanol–water partition coefficient (Wildman–Crippen LogP) is 2.61. The molecule has 4 aliphatic heterocycles. The van der Waals surface area contributed by atoms with Crippen molar-refractivity contribution in [3.8, 4) is 0 Å². The molecule has 1 saturated carbocycles. The molecule has 1 aromatic carbocycles. The van der Waals surface area contributed by atoms with Crippen LogP contribution < -0.4 is 10.4 Å². The van der Waals surface area contributed by atoms with E-state index < -0.39 is 12.5 Å². The number of hydrogen-bond donors (Lipinski definition) is 0. The van der Waals surface area contributed by atoms with Crippen molar-refractivity contribution in [1.82, 2.24) is 4.90 Å². The summed E-state index contributed by atoms with van der Waals surface area (Å²) in [5, 5.41) is 0. The molecule has 5 aliphatic rings. The molecule has 2 unspecified atom stereocenters. The van der Waals surface area contributed by atoms with Crippen LogP contribution in [-0.2, 0) is 24.3 Å². The molecule has 2 atom stereocenters. The average molecular weight is 438 g/mol. The van der Waals surface area contributed by atoms with Gasteiger partial charge < -0.3 is 18.9 Å². The number of ether oxygens (including phenoxy) is 1. The highest BCUT2D eigenvalue weighted by Crippen LogP contribution is 2.48. The van der Waals surface area contributed by atoms with Gasteiger partial charge in [-0.05, 0) is 77.9 Å². The smallest absolute Gasteiger partial charge is 0.399 e. The Morgan fingerprint density at radius 3 is 2.06 bits per heavy atom. The Morgan fingerprint density at radius 2 is 1.47 bits per heavy atom. The van der Waals surface area contributed by atoms with Crippen LogP contribution in [0.4, 0.5) is 5.69 Å². The maximum absolute atomic E-state index is 13.5. The SMILES string of the molecule is CC1(C)C(=O)N([C@H]2C[C@@H](N3C4COCC3C4)C2)c2cc(B3OC(C)(C)C(C)(C)O3)ccc21. The van der Waals surface area contributed by atoms with Gasteiger partial charge in [-0.1, -0.05) is 12.1 Å². The third-order valence-corrected chi connectivity index (χ3v) is 9.12. The van der Waals surface area contributed by atoms with E-state index in [1.165, 1.54) is 6.42 Å². The molecule has 4 heterocycles. The average Bonchev–Trinajstić information content (AvgIpc) is 3.04. The molecule has 2 bridgehead atoms. The monoisotopic (exact) mass is 438 g/mol. The van der Waals surface area contributed by atoms with Crippen LogP contribution in [0.2, 0.25) is 0 Å². The molecule has 0 aromatic heterocycles. The van der Waals surface area contributed by atoms with Crippen LogP contribution in [0.15, 0.2) is 18.2 Å². The third kappa shape index (κ3) is 2.77. The summed E-state index contributed by atoms with van der Waals surface area (Å²) in [6.45, 7) is 14.1. The highest BCUT2D eigenvalue weighted by Gasteiger charge is 2.55. The van der Waals surface area contributed by atoms with Gasteiger partial charge in [0.2, 0.25) is 5.91 Å². The molecule has 4 fully saturated rings. The Labute approximate surface area is 191 Å². The summed E-state index contributed by atoms with van der Waals surface area (Å²) < 4.78 is 18.2. The fourth-order valence-electron chi connectivity index (χ4n) is 6.27. The lowest BCUT2D eigenvalue weighted by Gasteiger charge is -2.60. The van der Waals surface area contributed by atoms with Gasteiger partial charge in [0.25, 0.3) is 0 Å². The first kappa shape index (κ1) is 21.1. The van der Waals surface area contributed by atoms with Crippen LogP contribution in [0, 0.1) is 0 Å². The van der Waals surface area contributed by atoms with Crippen LogP contribution in [0.5, 0.6) is 0 Å². The van der Waals surface area contributed by atoms with Gasteiger partial charge in [0.15, 0.2) is 0 Å². The van der Waals surface area contributed by atoms with E-state index in [4.69, 9.17) is 14.0 Å². The Hall–Kier alpha value is -1.41. The second-order valence-electron chi connectivity index (χ2n) is 12.0. The molecule has 0 radical (unpaired) electrons. The lowest BCUT2D eigenvalue weighted by molar-refractivity contribution is -0.161. The predicted molar refractivity (Wildman–Crippen MR) is 124 cm³/mol. The van der Waals surface area contributed by atoms with Crippen molar-refractivity contribution < 1.29 is 18.8 Å². The van der Waals surface area contributed by atoms with Gasteiger partial charge in [0.1, 0.15) is 0 Å². The van der Waals surface area contributed by atoms with E-state index in [1.807, 2.05) is 0 Å². The second-order valence-corrected chi connectivity index (χ2v) is 12.0. The van der Waals surface area contributed by atoms with E-state index in [2.05, 4.69) is 69.5 Å². The molecule has 0 spiro atoms. The summed E-state index contributed by atoms with van der Waals surface area (Å²) in [7, 11) is -0.416. The number of nitrogens with zero attached hydrogens (tertiary/aromatic N) is 2. The fraction of sp³-hybridized carbons (Fsp3) is 0.720. The highest BCUT2D eigenvalue weighted by atomic mass is 16.7. The number of carbonyl (C=O) groups excluding carboxylic acids is 1. The van der Waals surface area contributed by atoms with E-state index in [9.17, 15) is 4.79 Å². The minimum Gasteiger partial charge on any atom is -0.399 e. The Morgan fingerprint density at radius 1 is 0.875 bits per heavy atom. The normalized spacial score (nSPS) is 36.6. The van der Waals surface area contributed by atoms with Crippen LogP contribution in [0.3, 0.4) is 0 Å². The van der Waals surface area contributed by atoms with Gasteiger partial charge in [-0.3, -0.25) is 9.69 Å². The van der Waals surface area contributed by atoms with E-state index in [1.54, 1.807) is 0 Å².